The minimum atomic E-state index is 0. The molecular weight excluding hydrogens is 386 g/mol. The summed E-state index contributed by atoms with van der Waals surface area (Å²) in [4.78, 5) is 2.53. The summed E-state index contributed by atoms with van der Waals surface area (Å²) < 4.78 is 0. The molecule has 0 aliphatic heterocycles. The molecule has 0 radical (unpaired) electrons. The molecule has 2 heteroatoms. The van der Waals surface area contributed by atoms with Crippen LogP contribution in [0.5, 0.6) is 0 Å². The number of halogens is 1. The molecule has 0 fully saturated rings. The normalized spacial score (nSPS) is 12.3. The number of nitrogens with zero attached hydrogens (tertiary/aromatic N) is 1. The van der Waals surface area contributed by atoms with Gasteiger partial charge in [-0.3, -0.25) is 0 Å². The molecule has 0 amide bonds. The predicted octanol–water partition coefficient (Wildman–Crippen LogP) is 10.2. The Morgan fingerprint density at radius 3 is 1.10 bits per heavy atom. The van der Waals surface area contributed by atoms with Gasteiger partial charge in [-0.05, 0) is 25.9 Å². The third-order valence-electron chi connectivity index (χ3n) is 6.71. The topological polar surface area (TPSA) is 3.24 Å². The highest BCUT2D eigenvalue weighted by molar-refractivity contribution is 5.85. The molecule has 0 aromatic carbocycles. The molecule has 0 N–H and O–H groups in total. The first-order valence-electron chi connectivity index (χ1n) is 13.9. The first-order chi connectivity index (χ1) is 14.2. The number of rotatable bonds is 24. The summed E-state index contributed by atoms with van der Waals surface area (Å²) in [5, 5.41) is 0. The van der Waals surface area contributed by atoms with Crippen LogP contribution in [0.15, 0.2) is 0 Å². The van der Waals surface area contributed by atoms with E-state index in [9.17, 15) is 0 Å². The van der Waals surface area contributed by atoms with E-state index < -0.39 is 0 Å². The van der Waals surface area contributed by atoms with Gasteiger partial charge in [0.1, 0.15) is 0 Å². The van der Waals surface area contributed by atoms with Crippen molar-refractivity contribution in [3.05, 3.63) is 0 Å². The van der Waals surface area contributed by atoms with E-state index in [-0.39, 0.29) is 12.4 Å². The third-order valence-corrected chi connectivity index (χ3v) is 6.71. The predicted molar refractivity (Wildman–Crippen MR) is 142 cm³/mol. The summed E-state index contributed by atoms with van der Waals surface area (Å²) in [5.41, 5.74) is 0. The Bertz CT molecular complexity index is 294. The van der Waals surface area contributed by atoms with E-state index in [4.69, 9.17) is 0 Å². The Balaban J connectivity index is 0. The highest BCUT2D eigenvalue weighted by Gasteiger charge is 2.03. The van der Waals surface area contributed by atoms with Crippen molar-refractivity contribution in [2.45, 2.75) is 156 Å². The number of unbranched alkanes of at least 4 members (excludes halogenated alkanes) is 19. The molecule has 0 spiro atoms. The van der Waals surface area contributed by atoms with Crippen LogP contribution in [0.4, 0.5) is 0 Å². The van der Waals surface area contributed by atoms with Gasteiger partial charge in [-0.25, -0.2) is 0 Å². The van der Waals surface area contributed by atoms with Gasteiger partial charge in [0, 0.05) is 6.54 Å². The van der Waals surface area contributed by atoms with E-state index in [1.165, 1.54) is 148 Å². The van der Waals surface area contributed by atoms with E-state index in [0.717, 1.165) is 5.92 Å². The zero-order valence-electron chi connectivity index (χ0n) is 21.7. The van der Waals surface area contributed by atoms with Crippen LogP contribution < -0.4 is 0 Å². The number of hydrogen-bond donors (Lipinski definition) is 0. The molecular formula is C28H60ClN. The van der Waals surface area contributed by atoms with Crippen molar-refractivity contribution in [2.75, 3.05) is 20.1 Å². The molecule has 0 saturated heterocycles. The summed E-state index contributed by atoms with van der Waals surface area (Å²) in [6.07, 6.45) is 30.6. The molecule has 1 atom stereocenters. The molecule has 0 rings (SSSR count). The van der Waals surface area contributed by atoms with Crippen molar-refractivity contribution in [1.82, 2.24) is 4.90 Å². The van der Waals surface area contributed by atoms with Crippen LogP contribution in [0.3, 0.4) is 0 Å². The second kappa shape index (κ2) is 27.3. The minimum absolute atomic E-state index is 0. The quantitative estimate of drug-likeness (QED) is 0.133. The van der Waals surface area contributed by atoms with E-state index in [2.05, 4.69) is 32.7 Å². The van der Waals surface area contributed by atoms with Gasteiger partial charge in [0.2, 0.25) is 0 Å². The van der Waals surface area contributed by atoms with Crippen molar-refractivity contribution < 1.29 is 0 Å². The lowest BCUT2D eigenvalue weighted by atomic mass is 10.0. The molecule has 0 heterocycles. The minimum Gasteiger partial charge on any atom is -0.306 e. The molecule has 0 aliphatic carbocycles. The SMILES string of the molecule is CCCCCCCCCCCCCCCCCCCCCCN(C)CC(C)CC.Cl. The zero-order chi connectivity index (χ0) is 21.4. The Kier molecular flexibility index (Phi) is 29.5. The fraction of sp³-hybridized carbons (Fsp3) is 1.00. The van der Waals surface area contributed by atoms with Gasteiger partial charge >= 0.3 is 0 Å². The zero-order valence-corrected chi connectivity index (χ0v) is 22.5. The van der Waals surface area contributed by atoms with Crippen LogP contribution in [-0.2, 0) is 0 Å². The van der Waals surface area contributed by atoms with Crippen LogP contribution in [-0.4, -0.2) is 25.0 Å². The van der Waals surface area contributed by atoms with Gasteiger partial charge in [-0.2, -0.15) is 0 Å². The summed E-state index contributed by atoms with van der Waals surface area (Å²) in [6.45, 7) is 9.54. The fourth-order valence-corrected chi connectivity index (χ4v) is 4.39. The Hall–Kier alpha value is 0.250. The van der Waals surface area contributed by atoms with E-state index >= 15 is 0 Å². The lowest BCUT2D eigenvalue weighted by Gasteiger charge is -2.20. The summed E-state index contributed by atoms with van der Waals surface area (Å²) in [6, 6.07) is 0. The summed E-state index contributed by atoms with van der Waals surface area (Å²) >= 11 is 0. The van der Waals surface area contributed by atoms with E-state index in [1.807, 2.05) is 0 Å². The second-order valence-corrected chi connectivity index (χ2v) is 9.99. The van der Waals surface area contributed by atoms with Crippen LogP contribution in [0, 0.1) is 5.92 Å². The molecule has 30 heavy (non-hydrogen) atoms. The van der Waals surface area contributed by atoms with E-state index in [1.54, 1.807) is 0 Å². The number of hydrogen-bond acceptors (Lipinski definition) is 1. The van der Waals surface area contributed by atoms with Crippen molar-refractivity contribution >= 4 is 12.4 Å². The maximum atomic E-state index is 2.53. The van der Waals surface area contributed by atoms with Crippen molar-refractivity contribution in [1.29, 1.82) is 0 Å². The van der Waals surface area contributed by atoms with Crippen LogP contribution in [0.1, 0.15) is 156 Å². The van der Waals surface area contributed by atoms with Crippen LogP contribution >= 0.6 is 12.4 Å². The standard InChI is InChI=1S/C28H59N.ClH/c1-5-7-8-9-10-11-12-13-14-15-16-17-18-19-20-21-22-23-24-25-26-29(4)27-28(3)6-2;/h28H,5-27H2,1-4H3;1H. The van der Waals surface area contributed by atoms with Crippen molar-refractivity contribution in [3.8, 4) is 0 Å². The monoisotopic (exact) mass is 445 g/mol. The molecule has 1 nitrogen and oxygen atoms in total. The lowest BCUT2D eigenvalue weighted by molar-refractivity contribution is 0.276. The van der Waals surface area contributed by atoms with E-state index in [0.29, 0.717) is 0 Å². The van der Waals surface area contributed by atoms with Crippen molar-refractivity contribution in [2.24, 2.45) is 5.92 Å². The van der Waals surface area contributed by atoms with Gasteiger partial charge in [-0.1, -0.05) is 149 Å². The summed E-state index contributed by atoms with van der Waals surface area (Å²) in [7, 11) is 2.29. The second-order valence-electron chi connectivity index (χ2n) is 9.99. The van der Waals surface area contributed by atoms with Gasteiger partial charge < -0.3 is 4.90 Å². The largest absolute Gasteiger partial charge is 0.306 e. The average molecular weight is 446 g/mol. The fourth-order valence-electron chi connectivity index (χ4n) is 4.39. The molecule has 1 unspecified atom stereocenters. The lowest BCUT2D eigenvalue weighted by Crippen LogP contribution is -2.25. The Morgan fingerprint density at radius 1 is 0.500 bits per heavy atom. The first kappa shape index (κ1) is 32.4. The molecule has 184 valence electrons. The molecule has 0 saturated carbocycles. The third kappa shape index (κ3) is 26.3. The Labute approximate surface area is 199 Å². The molecule has 0 bridgehead atoms. The van der Waals surface area contributed by atoms with Gasteiger partial charge in [0.05, 0.1) is 0 Å². The summed E-state index contributed by atoms with van der Waals surface area (Å²) in [5.74, 6) is 0.852. The van der Waals surface area contributed by atoms with Crippen LogP contribution in [0.2, 0.25) is 0 Å². The first-order valence-corrected chi connectivity index (χ1v) is 13.9. The maximum Gasteiger partial charge on any atom is 0.000387 e. The molecule has 0 aromatic heterocycles. The van der Waals surface area contributed by atoms with Crippen molar-refractivity contribution in [3.63, 3.8) is 0 Å². The highest BCUT2D eigenvalue weighted by atomic mass is 35.5. The van der Waals surface area contributed by atoms with Crippen LogP contribution in [0.25, 0.3) is 0 Å². The average Bonchev–Trinajstić information content (AvgIpc) is 2.72. The molecule has 0 aromatic rings. The van der Waals surface area contributed by atoms with Gasteiger partial charge in [0.15, 0.2) is 0 Å². The van der Waals surface area contributed by atoms with Gasteiger partial charge in [0.25, 0.3) is 0 Å². The maximum absolute atomic E-state index is 2.53. The van der Waals surface area contributed by atoms with Gasteiger partial charge in [-0.15, -0.1) is 12.4 Å². The Morgan fingerprint density at radius 2 is 0.800 bits per heavy atom. The highest BCUT2D eigenvalue weighted by Crippen LogP contribution is 2.15. The smallest absolute Gasteiger partial charge is 0.000387 e. The molecule has 0 aliphatic rings.